The molecule has 20 heavy (non-hydrogen) atoms. The van der Waals surface area contributed by atoms with Crippen LogP contribution < -0.4 is 10.6 Å². The van der Waals surface area contributed by atoms with Gasteiger partial charge in [0, 0.05) is 31.6 Å². The van der Waals surface area contributed by atoms with Crippen LogP contribution in [0.2, 0.25) is 0 Å². The molecule has 1 unspecified atom stereocenters. The van der Waals surface area contributed by atoms with E-state index >= 15 is 0 Å². The number of halogens is 2. The number of imidazole rings is 1. The first-order valence-electron chi connectivity index (χ1n) is 6.99. The fraction of sp³-hybridized carbons (Fsp3) is 0.692. The van der Waals surface area contributed by atoms with Crippen molar-refractivity contribution in [3.8, 4) is 0 Å². The van der Waals surface area contributed by atoms with Gasteiger partial charge in [0.25, 0.3) is 11.8 Å². The van der Waals surface area contributed by atoms with Crippen molar-refractivity contribution in [1.82, 2.24) is 20.2 Å². The second-order valence-corrected chi connectivity index (χ2v) is 5.47. The van der Waals surface area contributed by atoms with Gasteiger partial charge in [0.15, 0.2) is 0 Å². The number of hydrogen-bond donors (Lipinski definition) is 2. The quantitative estimate of drug-likeness (QED) is 0.863. The first kappa shape index (κ1) is 13.5. The van der Waals surface area contributed by atoms with Crippen molar-refractivity contribution in [3.05, 3.63) is 17.7 Å². The highest BCUT2D eigenvalue weighted by molar-refractivity contribution is 5.92. The molecule has 0 radical (unpaired) electrons. The predicted molar refractivity (Wildman–Crippen MR) is 68.8 cm³/mol. The number of fused-ring (bicyclic) bond motifs is 1. The van der Waals surface area contributed by atoms with Crippen molar-refractivity contribution in [1.29, 1.82) is 0 Å². The summed E-state index contributed by atoms with van der Waals surface area (Å²) in [5, 5.41) is 5.26. The molecular weight excluding hydrogens is 266 g/mol. The van der Waals surface area contributed by atoms with E-state index in [1.54, 1.807) is 6.20 Å². The summed E-state index contributed by atoms with van der Waals surface area (Å²) >= 11 is 0. The second-order valence-electron chi connectivity index (χ2n) is 5.47. The lowest BCUT2D eigenvalue weighted by atomic mass is 9.94. The maximum atomic E-state index is 13.6. The molecule has 3 heterocycles. The Labute approximate surface area is 115 Å². The molecule has 1 aromatic heterocycles. The molecule has 1 fully saturated rings. The van der Waals surface area contributed by atoms with Crippen LogP contribution >= 0.6 is 0 Å². The zero-order valence-corrected chi connectivity index (χ0v) is 11.2. The fourth-order valence-electron chi connectivity index (χ4n) is 2.81. The van der Waals surface area contributed by atoms with Crippen molar-refractivity contribution < 1.29 is 13.6 Å². The average Bonchev–Trinajstić information content (AvgIpc) is 2.97. The predicted octanol–water partition coefficient (Wildman–Crippen LogP) is 0.804. The summed E-state index contributed by atoms with van der Waals surface area (Å²) in [6, 6.07) is 0. The number of amides is 1. The number of aryl methyl sites for hydroxylation is 2. The molecule has 1 saturated heterocycles. The van der Waals surface area contributed by atoms with Gasteiger partial charge in [-0.15, -0.1) is 0 Å². The summed E-state index contributed by atoms with van der Waals surface area (Å²) in [6.07, 6.45) is 4.00. The minimum atomic E-state index is -2.76. The molecule has 2 aliphatic heterocycles. The molecule has 0 saturated carbocycles. The first-order chi connectivity index (χ1) is 9.56. The molecule has 2 N–H and O–H groups in total. The summed E-state index contributed by atoms with van der Waals surface area (Å²) in [5.41, 5.74) is 0.331. The van der Waals surface area contributed by atoms with E-state index in [-0.39, 0.29) is 19.0 Å². The van der Waals surface area contributed by atoms with E-state index in [0.29, 0.717) is 18.7 Å². The third-order valence-electron chi connectivity index (χ3n) is 4.03. The Balaban J connectivity index is 1.58. The molecular formula is C13H18F2N4O. The zero-order valence-electron chi connectivity index (χ0n) is 11.2. The number of aromatic nitrogens is 2. The first-order valence-corrected chi connectivity index (χ1v) is 6.99. The molecule has 1 amide bonds. The lowest BCUT2D eigenvalue weighted by Crippen LogP contribution is -2.50. The van der Waals surface area contributed by atoms with Gasteiger partial charge in [0.05, 0.1) is 6.54 Å². The highest BCUT2D eigenvalue weighted by atomic mass is 19.3. The van der Waals surface area contributed by atoms with Crippen molar-refractivity contribution in [3.63, 3.8) is 0 Å². The van der Waals surface area contributed by atoms with Gasteiger partial charge in [0.2, 0.25) is 0 Å². The number of nitrogens with zero attached hydrogens (tertiary/aromatic N) is 2. The number of piperidine rings is 1. The molecule has 2 aliphatic rings. The van der Waals surface area contributed by atoms with Crippen molar-refractivity contribution in [2.45, 2.75) is 31.7 Å². The summed E-state index contributed by atoms with van der Waals surface area (Å²) < 4.78 is 29.2. The third-order valence-corrected chi connectivity index (χ3v) is 4.03. The number of hydrogen-bond acceptors (Lipinski definition) is 3. The number of rotatable bonds is 3. The summed E-state index contributed by atoms with van der Waals surface area (Å²) in [7, 11) is 0. The van der Waals surface area contributed by atoms with Crippen molar-refractivity contribution >= 4 is 5.91 Å². The van der Waals surface area contributed by atoms with E-state index in [2.05, 4.69) is 15.6 Å². The van der Waals surface area contributed by atoms with Crippen LogP contribution in [-0.2, 0) is 13.0 Å². The molecule has 0 aliphatic carbocycles. The zero-order chi connectivity index (χ0) is 14.2. The van der Waals surface area contributed by atoms with E-state index < -0.39 is 11.8 Å². The van der Waals surface area contributed by atoms with Gasteiger partial charge >= 0.3 is 0 Å². The second kappa shape index (κ2) is 5.12. The van der Waals surface area contributed by atoms with Crippen LogP contribution in [0.5, 0.6) is 0 Å². The Kier molecular flexibility index (Phi) is 3.45. The van der Waals surface area contributed by atoms with Gasteiger partial charge in [-0.1, -0.05) is 0 Å². The molecule has 0 aromatic carbocycles. The van der Waals surface area contributed by atoms with Crippen molar-refractivity contribution in [2.75, 3.05) is 19.6 Å². The molecule has 7 heteroatoms. The monoisotopic (exact) mass is 284 g/mol. The SMILES string of the molecule is O=C(NCC1CCNCC1(F)F)c1cn2c(n1)CCC2. The van der Waals surface area contributed by atoms with Crippen LogP contribution in [0.4, 0.5) is 8.78 Å². The topological polar surface area (TPSA) is 59.0 Å². The van der Waals surface area contributed by atoms with Gasteiger partial charge in [0.1, 0.15) is 11.5 Å². The van der Waals surface area contributed by atoms with Gasteiger partial charge in [-0.3, -0.25) is 4.79 Å². The highest BCUT2D eigenvalue weighted by Gasteiger charge is 2.41. The summed E-state index contributed by atoms with van der Waals surface area (Å²) in [5.74, 6) is -3.02. The number of nitrogens with one attached hydrogen (secondary N) is 2. The van der Waals surface area contributed by atoms with Crippen LogP contribution in [0.1, 0.15) is 29.2 Å². The lowest BCUT2D eigenvalue weighted by molar-refractivity contribution is -0.0712. The van der Waals surface area contributed by atoms with E-state index in [1.807, 2.05) is 4.57 Å². The fourth-order valence-corrected chi connectivity index (χ4v) is 2.81. The van der Waals surface area contributed by atoms with Gasteiger partial charge in [-0.2, -0.15) is 0 Å². The molecule has 0 bridgehead atoms. The minimum absolute atomic E-state index is 0.00426. The largest absolute Gasteiger partial charge is 0.350 e. The molecule has 110 valence electrons. The van der Waals surface area contributed by atoms with Crippen LogP contribution in [0.25, 0.3) is 0 Å². The Morgan fingerprint density at radius 1 is 1.60 bits per heavy atom. The Bertz CT molecular complexity index is 493. The van der Waals surface area contributed by atoms with E-state index in [4.69, 9.17) is 0 Å². The van der Waals surface area contributed by atoms with Gasteiger partial charge < -0.3 is 15.2 Å². The van der Waals surface area contributed by atoms with Gasteiger partial charge in [-0.25, -0.2) is 13.8 Å². The highest BCUT2D eigenvalue weighted by Crippen LogP contribution is 2.28. The van der Waals surface area contributed by atoms with E-state index in [1.165, 1.54) is 0 Å². The van der Waals surface area contributed by atoms with Crippen molar-refractivity contribution in [2.24, 2.45) is 5.92 Å². The van der Waals surface area contributed by atoms with Gasteiger partial charge in [-0.05, 0) is 19.4 Å². The summed E-state index contributed by atoms with van der Waals surface area (Å²) in [4.78, 5) is 16.2. The minimum Gasteiger partial charge on any atom is -0.350 e. The maximum absolute atomic E-state index is 13.6. The standard InChI is InChI=1S/C13H18F2N4O/c14-13(15)8-16-4-3-9(13)6-17-12(20)10-7-19-5-1-2-11(19)18-10/h7,9,16H,1-6,8H2,(H,17,20). The number of carbonyl (C=O) groups excluding carboxylic acids is 1. The van der Waals surface area contributed by atoms with Crippen LogP contribution in [0, 0.1) is 5.92 Å². The molecule has 5 nitrogen and oxygen atoms in total. The van der Waals surface area contributed by atoms with Crippen LogP contribution in [0.3, 0.4) is 0 Å². The number of alkyl halides is 2. The van der Waals surface area contributed by atoms with Crippen LogP contribution in [-0.4, -0.2) is 41.0 Å². The molecule has 1 aromatic rings. The number of carbonyl (C=O) groups is 1. The lowest BCUT2D eigenvalue weighted by Gasteiger charge is -2.31. The Morgan fingerprint density at radius 3 is 3.20 bits per heavy atom. The normalized spacial score (nSPS) is 24.4. The maximum Gasteiger partial charge on any atom is 0.271 e. The molecule has 0 spiro atoms. The molecule has 3 rings (SSSR count). The third kappa shape index (κ3) is 2.54. The average molecular weight is 284 g/mol. The Hall–Kier alpha value is -1.50. The van der Waals surface area contributed by atoms with E-state index in [9.17, 15) is 13.6 Å². The smallest absolute Gasteiger partial charge is 0.271 e. The summed E-state index contributed by atoms with van der Waals surface area (Å²) in [6.45, 7) is 1.12. The van der Waals surface area contributed by atoms with Crippen LogP contribution in [0.15, 0.2) is 6.20 Å². The Morgan fingerprint density at radius 2 is 2.45 bits per heavy atom. The molecule has 1 atom stereocenters. The van der Waals surface area contributed by atoms with E-state index in [0.717, 1.165) is 25.2 Å².